The number of piperidine rings is 1. The highest BCUT2D eigenvalue weighted by atomic mass is 79.9. The summed E-state index contributed by atoms with van der Waals surface area (Å²) in [5.74, 6) is 2.25. The zero-order valence-electron chi connectivity index (χ0n) is 19.1. The molecule has 4 rings (SSSR count). The van der Waals surface area contributed by atoms with E-state index in [1.54, 1.807) is 6.26 Å². The Balaban J connectivity index is 1.52. The number of guanidine groups is 1. The molecule has 0 bridgehead atoms. The van der Waals surface area contributed by atoms with Crippen molar-refractivity contribution in [3.63, 3.8) is 0 Å². The van der Waals surface area contributed by atoms with Crippen molar-refractivity contribution in [1.29, 1.82) is 0 Å². The number of aryl methyl sites for hydroxylation is 1. The maximum Gasteiger partial charge on any atom is 0.222 e. The Morgan fingerprint density at radius 1 is 1.28 bits per heavy atom. The lowest BCUT2D eigenvalue weighted by Gasteiger charge is -2.33. The minimum Gasteiger partial charge on any atom is -0.494 e. The Labute approximate surface area is 198 Å². The number of oxazole rings is 1. The molecule has 3 heterocycles. The number of nitrogens with zero attached hydrogens (tertiary/aromatic N) is 4. The van der Waals surface area contributed by atoms with E-state index in [0.29, 0.717) is 19.0 Å². The molecule has 174 valence electrons. The second-order valence-electron chi connectivity index (χ2n) is 8.56. The van der Waals surface area contributed by atoms with Crippen molar-refractivity contribution < 1.29 is 14.0 Å². The van der Waals surface area contributed by atoms with Crippen LogP contribution in [0.15, 0.2) is 38.3 Å². The molecule has 1 spiro atoms. The van der Waals surface area contributed by atoms with Crippen molar-refractivity contribution in [3.05, 3.63) is 46.1 Å². The zero-order chi connectivity index (χ0) is 22.6. The van der Waals surface area contributed by atoms with E-state index in [4.69, 9.17) is 19.0 Å². The number of rotatable bonds is 8. The maximum atomic E-state index is 6.01. The number of ether oxygens (including phenoxy) is 1. The number of unbranched alkanes of at least 4 members (excludes halogenated alkanes) is 1. The molecule has 1 N–H and O–H groups in total. The molecule has 0 unspecified atom stereocenters. The summed E-state index contributed by atoms with van der Waals surface area (Å²) in [4.78, 5) is 19.9. The number of likely N-dealkylation sites (tertiary alicyclic amines) is 1. The minimum absolute atomic E-state index is 0.492. The van der Waals surface area contributed by atoms with Crippen molar-refractivity contribution in [3.8, 4) is 5.75 Å². The van der Waals surface area contributed by atoms with E-state index >= 15 is 0 Å². The Morgan fingerprint density at radius 2 is 2.09 bits per heavy atom. The van der Waals surface area contributed by atoms with Crippen LogP contribution in [0, 0.1) is 6.92 Å². The molecule has 2 aromatic rings. The highest BCUT2D eigenvalue weighted by Gasteiger charge is 2.40. The van der Waals surface area contributed by atoms with Crippen LogP contribution in [-0.2, 0) is 17.9 Å². The Morgan fingerprint density at radius 3 is 2.78 bits per heavy atom. The quantitative estimate of drug-likeness (QED) is 0.537. The van der Waals surface area contributed by atoms with Gasteiger partial charge >= 0.3 is 0 Å². The highest BCUT2D eigenvalue weighted by Crippen LogP contribution is 2.31. The predicted octanol–water partition coefficient (Wildman–Crippen LogP) is 4.24. The van der Waals surface area contributed by atoms with E-state index in [1.807, 2.05) is 19.1 Å². The average Bonchev–Trinajstić information content (AvgIpc) is 3.38. The molecular formula is C23H32BrN5O3. The monoisotopic (exact) mass is 505 g/mol. The van der Waals surface area contributed by atoms with E-state index in [1.165, 1.54) is 0 Å². The number of hydrogen-bond donors (Lipinski definition) is 1. The number of aliphatic imine (C=N–C) groups is 1. The van der Waals surface area contributed by atoms with E-state index in [0.717, 1.165) is 72.8 Å². The van der Waals surface area contributed by atoms with Crippen LogP contribution in [-0.4, -0.2) is 53.2 Å². The fourth-order valence-corrected chi connectivity index (χ4v) is 4.35. The first-order valence-corrected chi connectivity index (χ1v) is 12.1. The van der Waals surface area contributed by atoms with Gasteiger partial charge in [-0.3, -0.25) is 0 Å². The van der Waals surface area contributed by atoms with Crippen LogP contribution in [0.1, 0.15) is 49.8 Å². The second-order valence-corrected chi connectivity index (χ2v) is 9.41. The summed E-state index contributed by atoms with van der Waals surface area (Å²) >= 11 is 3.72. The van der Waals surface area contributed by atoms with Gasteiger partial charge in [0.1, 0.15) is 12.0 Å². The molecule has 0 aliphatic carbocycles. The first kappa shape index (κ1) is 23.1. The van der Waals surface area contributed by atoms with Gasteiger partial charge in [0.2, 0.25) is 5.96 Å². The van der Waals surface area contributed by atoms with E-state index < -0.39 is 5.72 Å². The highest BCUT2D eigenvalue weighted by molar-refractivity contribution is 9.10. The van der Waals surface area contributed by atoms with Gasteiger partial charge < -0.3 is 19.0 Å². The molecule has 1 aromatic heterocycles. The van der Waals surface area contributed by atoms with Crippen LogP contribution in [0.25, 0.3) is 0 Å². The van der Waals surface area contributed by atoms with Gasteiger partial charge in [-0.15, -0.1) is 0 Å². The molecule has 0 radical (unpaired) electrons. The van der Waals surface area contributed by atoms with E-state index in [-0.39, 0.29) is 0 Å². The predicted molar refractivity (Wildman–Crippen MR) is 126 cm³/mol. The van der Waals surface area contributed by atoms with Crippen LogP contribution in [0.4, 0.5) is 0 Å². The van der Waals surface area contributed by atoms with Crippen LogP contribution < -0.4 is 10.2 Å². The number of benzene rings is 1. The third-order valence-electron chi connectivity index (χ3n) is 5.88. The molecule has 9 heteroatoms. The van der Waals surface area contributed by atoms with Crippen molar-refractivity contribution in [2.45, 2.75) is 58.3 Å². The number of hydroxylamine groups is 1. The largest absolute Gasteiger partial charge is 0.494 e. The van der Waals surface area contributed by atoms with E-state index in [2.05, 4.69) is 56.2 Å². The lowest BCUT2D eigenvalue weighted by molar-refractivity contribution is -0.0875. The van der Waals surface area contributed by atoms with Gasteiger partial charge in [-0.05, 0) is 31.2 Å². The van der Waals surface area contributed by atoms with Crippen molar-refractivity contribution in [2.75, 3.05) is 26.7 Å². The van der Waals surface area contributed by atoms with E-state index in [9.17, 15) is 0 Å². The molecule has 1 aromatic carbocycles. The Kier molecular flexibility index (Phi) is 7.37. The second kappa shape index (κ2) is 10.2. The third kappa shape index (κ3) is 5.63. The smallest absolute Gasteiger partial charge is 0.222 e. The molecule has 0 saturated carbocycles. The molecule has 2 aliphatic rings. The van der Waals surface area contributed by atoms with Gasteiger partial charge in [0, 0.05) is 43.9 Å². The van der Waals surface area contributed by atoms with Gasteiger partial charge in [-0.1, -0.05) is 35.3 Å². The van der Waals surface area contributed by atoms with Crippen LogP contribution >= 0.6 is 15.9 Å². The zero-order valence-corrected chi connectivity index (χ0v) is 20.7. The molecule has 0 atom stereocenters. The van der Waals surface area contributed by atoms with Crippen LogP contribution in [0.5, 0.6) is 5.75 Å². The maximum absolute atomic E-state index is 6.01. The Hall–Kier alpha value is -2.10. The molecular weight excluding hydrogens is 474 g/mol. The standard InChI is InChI=1S/C23H32BrN5O3/c1-4-5-12-30-20-7-6-18(21(24)13-20)14-29(15-19-16-31-17(2)25-19)22-26-23(32-27-22)8-10-28(3)11-9-23/h6-7,13,16H,4-5,8-12,14-15H2,1-3H3,(H,26,27). The Bertz CT molecular complexity index is 939. The molecule has 1 saturated heterocycles. The number of nitrogens with one attached hydrogen (secondary N) is 1. The first-order valence-electron chi connectivity index (χ1n) is 11.3. The lowest BCUT2D eigenvalue weighted by Crippen LogP contribution is -2.43. The fourth-order valence-electron chi connectivity index (χ4n) is 3.86. The fraction of sp³-hybridized carbons (Fsp3) is 0.565. The summed E-state index contributed by atoms with van der Waals surface area (Å²) in [7, 11) is 2.13. The molecule has 1 fully saturated rings. The summed E-state index contributed by atoms with van der Waals surface area (Å²) in [5, 5.41) is 0. The lowest BCUT2D eigenvalue weighted by atomic mass is 10.0. The van der Waals surface area contributed by atoms with Gasteiger partial charge in [0.25, 0.3) is 0 Å². The minimum atomic E-state index is -0.492. The summed E-state index contributed by atoms with van der Waals surface area (Å²) in [6.45, 7) is 7.86. The average molecular weight is 506 g/mol. The summed E-state index contributed by atoms with van der Waals surface area (Å²) in [5.41, 5.74) is 4.59. The SMILES string of the molecule is CCCCOc1ccc(CN(Cc2coc(C)n2)C2=NC3(CCN(C)CC3)ON2)c(Br)c1. The van der Waals surface area contributed by atoms with Crippen molar-refractivity contribution in [2.24, 2.45) is 4.99 Å². The van der Waals surface area contributed by atoms with Gasteiger partial charge in [-0.2, -0.15) is 0 Å². The summed E-state index contributed by atoms with van der Waals surface area (Å²) in [6.07, 6.45) is 5.59. The van der Waals surface area contributed by atoms with Gasteiger partial charge in [0.15, 0.2) is 11.6 Å². The van der Waals surface area contributed by atoms with Gasteiger partial charge in [-0.25, -0.2) is 20.3 Å². The van der Waals surface area contributed by atoms with Crippen molar-refractivity contribution in [1.82, 2.24) is 20.3 Å². The van der Waals surface area contributed by atoms with Gasteiger partial charge in [0.05, 0.1) is 18.8 Å². The number of hydrogen-bond acceptors (Lipinski definition) is 8. The molecule has 0 amide bonds. The number of halogens is 1. The summed E-state index contributed by atoms with van der Waals surface area (Å²) in [6, 6.07) is 6.14. The van der Waals surface area contributed by atoms with Crippen LogP contribution in [0.2, 0.25) is 0 Å². The number of aromatic nitrogens is 1. The first-order chi connectivity index (χ1) is 15.5. The molecule has 2 aliphatic heterocycles. The molecule has 32 heavy (non-hydrogen) atoms. The molecule has 8 nitrogen and oxygen atoms in total. The normalized spacial score (nSPS) is 17.9. The summed E-state index contributed by atoms with van der Waals surface area (Å²) < 4.78 is 12.3. The van der Waals surface area contributed by atoms with Crippen LogP contribution in [0.3, 0.4) is 0 Å². The van der Waals surface area contributed by atoms with Crippen molar-refractivity contribution >= 4 is 21.9 Å². The topological polar surface area (TPSA) is 75.4 Å². The third-order valence-corrected chi connectivity index (χ3v) is 6.62.